The molecule has 1 unspecified atom stereocenters. The zero-order valence-electron chi connectivity index (χ0n) is 48.3. The van der Waals surface area contributed by atoms with E-state index in [1.807, 2.05) is 0 Å². The van der Waals surface area contributed by atoms with E-state index in [1.54, 1.807) is 66.9 Å². The fourth-order valence-corrected chi connectivity index (χ4v) is 10.3. The van der Waals surface area contributed by atoms with E-state index in [0.29, 0.717) is 29.0 Å². The van der Waals surface area contributed by atoms with Crippen LogP contribution < -0.4 is 48.3 Å². The maximum absolute atomic E-state index is 14.6. The van der Waals surface area contributed by atoms with E-state index < -0.39 is 138 Å². The van der Waals surface area contributed by atoms with Crippen molar-refractivity contribution in [2.45, 2.75) is 158 Å². The molecule has 27 nitrogen and oxygen atoms in total. The predicted molar refractivity (Wildman–Crippen MR) is 310 cm³/mol. The number of imidazole rings is 1. The summed E-state index contributed by atoms with van der Waals surface area (Å²) >= 11 is 1.41. The fraction of sp³-hybridized carbons (Fsp3) is 0.526. The summed E-state index contributed by atoms with van der Waals surface area (Å²) in [5.41, 5.74) is 7.06. The highest BCUT2D eigenvalue weighted by molar-refractivity contribution is 7.98. The van der Waals surface area contributed by atoms with Crippen LogP contribution in [0.2, 0.25) is 0 Å². The fourth-order valence-electron chi connectivity index (χ4n) is 9.83. The van der Waals surface area contributed by atoms with Gasteiger partial charge >= 0.3 is 0 Å². The van der Waals surface area contributed by atoms with Gasteiger partial charge < -0.3 is 73.3 Å². The van der Waals surface area contributed by atoms with Gasteiger partial charge in [-0.3, -0.25) is 57.5 Å². The summed E-state index contributed by atoms with van der Waals surface area (Å²) in [7, 11) is 0. The number of aromatic amines is 1. The Bertz CT molecular complexity index is 2810. The van der Waals surface area contributed by atoms with Crippen LogP contribution in [0.1, 0.15) is 89.5 Å². The second-order valence-corrected chi connectivity index (χ2v) is 22.1. The van der Waals surface area contributed by atoms with E-state index in [9.17, 15) is 67.7 Å². The van der Waals surface area contributed by atoms with Crippen LogP contribution in [0.15, 0.2) is 73.2 Å². The number of ketones is 1. The minimum absolute atomic E-state index is 0.00613. The Morgan fingerprint density at radius 2 is 1.09 bits per heavy atom. The number of benzene rings is 2. The van der Waals surface area contributed by atoms with Crippen molar-refractivity contribution in [2.75, 3.05) is 31.7 Å². The number of amides is 11. The summed E-state index contributed by atoms with van der Waals surface area (Å²) in [4.78, 5) is 172. The van der Waals surface area contributed by atoms with Crippen molar-refractivity contribution >= 4 is 82.5 Å². The van der Waals surface area contributed by atoms with E-state index in [1.165, 1.54) is 56.9 Å². The first kappa shape index (κ1) is 67.5. The van der Waals surface area contributed by atoms with Crippen LogP contribution in [-0.4, -0.2) is 199 Å². The monoisotopic (exact) mass is 1200 g/mol. The van der Waals surface area contributed by atoms with Gasteiger partial charge in [0.25, 0.3) is 0 Å². The van der Waals surface area contributed by atoms with Gasteiger partial charge in [0, 0.05) is 57.6 Å². The summed E-state index contributed by atoms with van der Waals surface area (Å²) in [5.74, 6) is -8.51. The lowest BCUT2D eigenvalue weighted by molar-refractivity contribution is -0.145. The minimum atomic E-state index is -1.68. The number of rotatable bonds is 32. The molecule has 3 aromatic rings. The Morgan fingerprint density at radius 1 is 0.624 bits per heavy atom. The molecular formula is C57H79N13O14S. The molecule has 462 valence electrons. The molecule has 0 spiro atoms. The molecule has 0 radical (unpaired) electrons. The molecule has 2 fully saturated rings. The van der Waals surface area contributed by atoms with Gasteiger partial charge in [-0.2, -0.15) is 11.8 Å². The van der Waals surface area contributed by atoms with Crippen molar-refractivity contribution in [3.63, 3.8) is 0 Å². The first-order valence-corrected chi connectivity index (χ1v) is 29.5. The van der Waals surface area contributed by atoms with Crippen molar-refractivity contribution in [2.24, 2.45) is 5.73 Å². The van der Waals surface area contributed by atoms with Crippen LogP contribution in [0.5, 0.6) is 0 Å². The van der Waals surface area contributed by atoms with Crippen LogP contribution >= 0.6 is 11.8 Å². The number of Topliss-reactive ketones (excluding diaryl/α,β-unsaturated/α-hetero) is 1. The molecule has 85 heavy (non-hydrogen) atoms. The summed E-state index contributed by atoms with van der Waals surface area (Å²) < 4.78 is 0. The zero-order valence-corrected chi connectivity index (χ0v) is 49.1. The molecule has 13 N–H and O–H groups in total. The SMILES string of the molecule is CSCC[C@H](NC(C)=O)C(=O)N[C@@H](CCC(N)=O)C(=O)N[C@@H](CO)C(=O)N1CCC[C@H]1C(=O)N[C@@H](Cc1ccccc1)C(=O)N[C@H](C(=O)N1CCC[C@H]1C(=O)N[C@@H](Cc1cnc[nH]1)C(=O)N[C@@H](Cc1ccccc1)C(=O)N[C@@H](C)C(C)=O)C(C)O. The van der Waals surface area contributed by atoms with E-state index in [-0.39, 0.29) is 76.7 Å². The highest BCUT2D eigenvalue weighted by Crippen LogP contribution is 2.22. The molecule has 0 saturated carbocycles. The number of hydrogen-bond donors (Lipinski definition) is 12. The number of primary amides is 1. The molecule has 2 aromatic carbocycles. The average Bonchev–Trinajstić information content (AvgIpc) is 4.49. The van der Waals surface area contributed by atoms with Crippen LogP contribution in [0.3, 0.4) is 0 Å². The lowest BCUT2D eigenvalue weighted by Gasteiger charge is -2.32. The Labute approximate surface area is 496 Å². The number of aliphatic hydroxyl groups is 2. The largest absolute Gasteiger partial charge is 0.394 e. The third-order valence-electron chi connectivity index (χ3n) is 14.5. The Morgan fingerprint density at radius 3 is 1.58 bits per heavy atom. The molecule has 2 aliphatic rings. The molecule has 2 saturated heterocycles. The van der Waals surface area contributed by atoms with Gasteiger partial charge in [-0.25, -0.2) is 4.98 Å². The first-order valence-electron chi connectivity index (χ1n) is 28.1. The number of likely N-dealkylation sites (tertiary alicyclic amines) is 2. The van der Waals surface area contributed by atoms with E-state index >= 15 is 0 Å². The number of nitrogens with zero attached hydrogens (tertiary/aromatic N) is 3. The smallest absolute Gasteiger partial charge is 0.248 e. The number of H-pyrrole nitrogens is 1. The molecule has 3 heterocycles. The normalized spacial score (nSPS) is 17.9. The van der Waals surface area contributed by atoms with E-state index in [4.69, 9.17) is 5.73 Å². The van der Waals surface area contributed by atoms with Gasteiger partial charge in [0.2, 0.25) is 65.0 Å². The van der Waals surface area contributed by atoms with Gasteiger partial charge in [0.1, 0.15) is 54.4 Å². The van der Waals surface area contributed by atoms with Crippen molar-refractivity contribution in [1.82, 2.24) is 62.3 Å². The topological polar surface area (TPSA) is 403 Å². The summed E-state index contributed by atoms with van der Waals surface area (Å²) in [6.07, 6.45) is 3.15. The number of hydrogen-bond acceptors (Lipinski definition) is 16. The summed E-state index contributed by atoms with van der Waals surface area (Å²) in [6, 6.07) is 4.20. The van der Waals surface area contributed by atoms with Crippen molar-refractivity contribution in [3.05, 3.63) is 90.0 Å². The Hall–Kier alpha value is -8.24. The molecule has 2 aliphatic heterocycles. The predicted octanol–water partition coefficient (Wildman–Crippen LogP) is -2.68. The quantitative estimate of drug-likeness (QED) is 0.0303. The molecular weight excluding hydrogens is 1120 g/mol. The second kappa shape index (κ2) is 33.3. The van der Waals surface area contributed by atoms with Crippen molar-refractivity contribution < 1.29 is 67.7 Å². The summed E-state index contributed by atoms with van der Waals surface area (Å²) in [5, 5.41) is 42.4. The van der Waals surface area contributed by atoms with Crippen molar-refractivity contribution in [3.8, 4) is 0 Å². The minimum Gasteiger partial charge on any atom is -0.394 e. The standard InChI is InChI=1S/C57H79N13O14S/c1-32(33(2)72)61-51(78)41(26-36-14-8-6-9-15-36)64-52(79)43(28-38-29-59-31-60-38)66-55(82)46-19-13-24-70(46)57(84)48(34(3)73)68-53(80)42(27-37-16-10-7-11-17-37)65-54(81)45-18-12-23-69(45)56(83)44(30-71)67-49(76)39(20-21-47(58)75)63-50(77)40(22-25-85-5)62-35(4)74/h6-11,14-17,29,31-32,34,39-46,48,71,73H,12-13,18-28,30H2,1-5H3,(H2,58,75)(H,59,60)(H,61,78)(H,62,74)(H,63,77)(H,64,79)(H,65,81)(H,66,82)(H,67,76)(H,68,80)/t32-,34?,39-,40-,41-,42-,43-,44-,45-,46-,48-/m0/s1. The van der Waals surface area contributed by atoms with Gasteiger partial charge in [0.05, 0.1) is 25.1 Å². The van der Waals surface area contributed by atoms with Crippen LogP contribution in [0.4, 0.5) is 0 Å². The number of carbonyl (C=O) groups excluding carboxylic acids is 12. The highest BCUT2D eigenvalue weighted by atomic mass is 32.2. The van der Waals surface area contributed by atoms with Crippen LogP contribution in [-0.2, 0) is 76.8 Å². The van der Waals surface area contributed by atoms with Crippen LogP contribution in [0, 0.1) is 0 Å². The maximum Gasteiger partial charge on any atom is 0.248 e. The number of nitrogens with one attached hydrogen (secondary N) is 9. The highest BCUT2D eigenvalue weighted by Gasteiger charge is 2.43. The van der Waals surface area contributed by atoms with E-state index in [2.05, 4.69) is 52.5 Å². The van der Waals surface area contributed by atoms with Gasteiger partial charge in [-0.1, -0.05) is 60.7 Å². The molecule has 11 atom stereocenters. The molecule has 5 rings (SSSR count). The van der Waals surface area contributed by atoms with Gasteiger partial charge in [-0.15, -0.1) is 0 Å². The Kier molecular flexibility index (Phi) is 26.5. The third kappa shape index (κ3) is 20.5. The Balaban J connectivity index is 1.32. The first-order chi connectivity index (χ1) is 40.5. The zero-order chi connectivity index (χ0) is 62.3. The number of nitrogens with two attached hydrogens (primary N) is 1. The van der Waals surface area contributed by atoms with Crippen molar-refractivity contribution in [1.29, 1.82) is 0 Å². The van der Waals surface area contributed by atoms with Gasteiger partial charge in [0.15, 0.2) is 5.78 Å². The molecule has 0 bridgehead atoms. The second-order valence-electron chi connectivity index (χ2n) is 21.1. The molecule has 0 aliphatic carbocycles. The maximum atomic E-state index is 14.6. The average molecular weight is 1200 g/mol. The lowest BCUT2D eigenvalue weighted by atomic mass is 10.0. The van der Waals surface area contributed by atoms with Crippen LogP contribution in [0.25, 0.3) is 0 Å². The number of aliphatic hydroxyl groups excluding tert-OH is 2. The molecule has 11 amide bonds. The lowest BCUT2D eigenvalue weighted by Crippen LogP contribution is -2.62. The number of thioether (sulfide) groups is 1. The number of aromatic nitrogens is 2. The third-order valence-corrected chi connectivity index (χ3v) is 15.2. The van der Waals surface area contributed by atoms with E-state index in [0.717, 1.165) is 4.90 Å². The summed E-state index contributed by atoms with van der Waals surface area (Å²) in [6.45, 7) is 4.33. The molecule has 28 heteroatoms. The van der Waals surface area contributed by atoms with Gasteiger partial charge in [-0.05, 0) is 82.4 Å². The number of carbonyl (C=O) groups is 12. The molecule has 1 aromatic heterocycles.